The number of nitrogens with zero attached hydrogens (tertiary/aromatic N) is 1. The molecule has 1 saturated heterocycles. The van der Waals surface area contributed by atoms with Gasteiger partial charge in [-0.15, -0.1) is 0 Å². The number of hydrogen-bond donors (Lipinski definition) is 2. The molecule has 9 nitrogen and oxygen atoms in total. The molecule has 31 heavy (non-hydrogen) atoms. The number of amides is 1. The van der Waals surface area contributed by atoms with Crippen molar-refractivity contribution in [1.29, 1.82) is 0 Å². The zero-order valence-electron chi connectivity index (χ0n) is 18.4. The van der Waals surface area contributed by atoms with Crippen molar-refractivity contribution in [3.05, 3.63) is 35.0 Å². The minimum atomic E-state index is -0.655. The summed E-state index contributed by atoms with van der Waals surface area (Å²) in [5.74, 6) is -1.11. The Bertz CT molecular complexity index is 926. The van der Waals surface area contributed by atoms with E-state index in [-0.39, 0.29) is 36.5 Å². The summed E-state index contributed by atoms with van der Waals surface area (Å²) in [4.78, 5) is 38.0. The van der Waals surface area contributed by atoms with Gasteiger partial charge in [-0.1, -0.05) is 6.07 Å². The van der Waals surface area contributed by atoms with Crippen LogP contribution in [0.4, 0.5) is 5.69 Å². The Hall–Kier alpha value is -2.69. The Labute approximate surface area is 181 Å². The van der Waals surface area contributed by atoms with E-state index in [2.05, 4.69) is 5.32 Å². The molecule has 10 heteroatoms. The van der Waals surface area contributed by atoms with Crippen molar-refractivity contribution in [1.82, 2.24) is 4.90 Å². The fourth-order valence-electron chi connectivity index (χ4n) is 3.40. The number of methoxy groups -OCH3 is 1. The molecule has 0 atom stereocenters. The van der Waals surface area contributed by atoms with Gasteiger partial charge in [0, 0.05) is 17.8 Å². The number of aliphatic hydroxyl groups is 1. The molecule has 3 rings (SSSR count). The number of carbonyl (C=O) groups is 3. The van der Waals surface area contributed by atoms with Crippen LogP contribution in [0.5, 0.6) is 0 Å². The summed E-state index contributed by atoms with van der Waals surface area (Å²) >= 11 is 0. The molecule has 0 bridgehead atoms. The molecule has 1 aromatic rings. The third-order valence-corrected chi connectivity index (χ3v) is 5.94. The largest absolute Gasteiger partial charge is 0.494 e. The fourth-order valence-corrected chi connectivity index (χ4v) is 3.40. The van der Waals surface area contributed by atoms with Crippen LogP contribution in [0.3, 0.4) is 0 Å². The summed E-state index contributed by atoms with van der Waals surface area (Å²) in [7, 11) is 0.582. The summed E-state index contributed by atoms with van der Waals surface area (Å²) in [6, 6.07) is 5.00. The van der Waals surface area contributed by atoms with E-state index in [4.69, 9.17) is 14.0 Å². The molecule has 1 amide bonds. The van der Waals surface area contributed by atoms with Gasteiger partial charge in [0.2, 0.25) is 0 Å². The van der Waals surface area contributed by atoms with Crippen molar-refractivity contribution in [2.45, 2.75) is 38.9 Å². The summed E-state index contributed by atoms with van der Waals surface area (Å²) < 4.78 is 16.8. The molecule has 0 spiro atoms. The van der Waals surface area contributed by atoms with Gasteiger partial charge in [0.25, 0.3) is 5.91 Å². The van der Waals surface area contributed by atoms with E-state index in [1.807, 2.05) is 27.7 Å². The van der Waals surface area contributed by atoms with Gasteiger partial charge in [0.05, 0.1) is 37.0 Å². The number of carbonyl (C=O) groups excluding carboxylic acids is 3. The SMILES string of the molecule is COC(=O)C1=C(Nc2ccc(B3OC(C)(C)C(C)(C)O3)cc2C=O)C(=O)N(CCO)C1. The fraction of sp³-hybridized carbons (Fsp3) is 0.476. The normalized spacial score (nSPS) is 19.7. The second-order valence-electron chi connectivity index (χ2n) is 8.47. The Morgan fingerprint density at radius 3 is 2.48 bits per heavy atom. The summed E-state index contributed by atoms with van der Waals surface area (Å²) in [6.07, 6.45) is 0.653. The van der Waals surface area contributed by atoms with E-state index in [0.717, 1.165) is 0 Å². The van der Waals surface area contributed by atoms with Crippen molar-refractivity contribution < 1.29 is 33.5 Å². The van der Waals surface area contributed by atoms with Crippen LogP contribution in [-0.4, -0.2) is 73.3 Å². The molecule has 166 valence electrons. The number of nitrogens with one attached hydrogen (secondary N) is 1. The highest BCUT2D eigenvalue weighted by Crippen LogP contribution is 2.36. The molecule has 2 aliphatic heterocycles. The maximum Gasteiger partial charge on any atom is 0.494 e. The lowest BCUT2D eigenvalue weighted by Gasteiger charge is -2.32. The summed E-state index contributed by atoms with van der Waals surface area (Å²) in [6.45, 7) is 7.60. The van der Waals surface area contributed by atoms with E-state index < -0.39 is 30.2 Å². The first-order chi connectivity index (χ1) is 14.5. The first-order valence-electron chi connectivity index (χ1n) is 9.98. The average Bonchev–Trinajstić information content (AvgIpc) is 3.14. The second-order valence-corrected chi connectivity index (χ2v) is 8.47. The van der Waals surface area contributed by atoms with Crippen LogP contribution in [0.1, 0.15) is 38.1 Å². The number of aliphatic hydroxyl groups excluding tert-OH is 1. The summed E-state index contributed by atoms with van der Waals surface area (Å²) in [5.41, 5.74) is 0.390. The van der Waals surface area contributed by atoms with Crippen LogP contribution in [0.25, 0.3) is 0 Å². The molecular weight excluding hydrogens is 403 g/mol. The predicted octanol–water partition coefficient (Wildman–Crippen LogP) is 0.472. The maximum absolute atomic E-state index is 12.7. The highest BCUT2D eigenvalue weighted by molar-refractivity contribution is 6.62. The van der Waals surface area contributed by atoms with Crippen molar-refractivity contribution >= 4 is 36.4 Å². The number of esters is 1. The molecule has 0 aromatic heterocycles. The van der Waals surface area contributed by atoms with E-state index in [9.17, 15) is 19.5 Å². The molecule has 2 N–H and O–H groups in total. The molecule has 2 heterocycles. The molecule has 0 saturated carbocycles. The lowest BCUT2D eigenvalue weighted by Crippen LogP contribution is -2.41. The van der Waals surface area contributed by atoms with Gasteiger partial charge < -0.3 is 29.4 Å². The molecule has 2 aliphatic rings. The second kappa shape index (κ2) is 8.45. The molecule has 1 fully saturated rings. The first-order valence-corrected chi connectivity index (χ1v) is 9.98. The minimum Gasteiger partial charge on any atom is -0.466 e. The average molecular weight is 430 g/mol. The number of ether oxygens (including phenoxy) is 1. The number of β-amino-alcohol motifs (C(OH)–C–C–N with tert-alkyl or cyclic N) is 1. The number of benzene rings is 1. The van der Waals surface area contributed by atoms with Crippen molar-refractivity contribution in [3.63, 3.8) is 0 Å². The first kappa shape index (κ1) is 23.0. The van der Waals surface area contributed by atoms with Gasteiger partial charge in [-0.05, 0) is 45.3 Å². The third kappa shape index (κ3) is 4.23. The molecule has 1 aromatic carbocycles. The van der Waals surface area contributed by atoms with Crippen LogP contribution < -0.4 is 10.8 Å². The third-order valence-electron chi connectivity index (χ3n) is 5.94. The maximum atomic E-state index is 12.7. The van der Waals surface area contributed by atoms with E-state index >= 15 is 0 Å². The van der Waals surface area contributed by atoms with Gasteiger partial charge in [-0.2, -0.15) is 0 Å². The number of rotatable bonds is 7. The molecule has 0 unspecified atom stereocenters. The van der Waals surface area contributed by atoms with Gasteiger partial charge in [-0.3, -0.25) is 9.59 Å². The zero-order chi connectivity index (χ0) is 23.0. The van der Waals surface area contributed by atoms with Gasteiger partial charge >= 0.3 is 13.1 Å². The number of aldehydes is 1. The highest BCUT2D eigenvalue weighted by atomic mass is 16.7. The van der Waals surface area contributed by atoms with Crippen molar-refractivity contribution in [2.24, 2.45) is 0 Å². The van der Waals surface area contributed by atoms with Gasteiger partial charge in [0.1, 0.15) is 5.70 Å². The van der Waals surface area contributed by atoms with E-state index in [0.29, 0.717) is 17.4 Å². The molecule has 0 aliphatic carbocycles. The smallest absolute Gasteiger partial charge is 0.466 e. The van der Waals surface area contributed by atoms with Gasteiger partial charge in [-0.25, -0.2) is 4.79 Å². The van der Waals surface area contributed by atoms with E-state index in [1.54, 1.807) is 18.2 Å². The van der Waals surface area contributed by atoms with Crippen LogP contribution >= 0.6 is 0 Å². The lowest BCUT2D eigenvalue weighted by atomic mass is 9.78. The van der Waals surface area contributed by atoms with E-state index in [1.165, 1.54) is 12.0 Å². The zero-order valence-corrected chi connectivity index (χ0v) is 18.4. The molecule has 0 radical (unpaired) electrons. The standard InChI is InChI=1S/C21H27BN2O7/c1-20(2)21(3,4)31-22(30-20)14-6-7-16(13(10-14)12-26)23-17-15(19(28)29-5)11-24(8-9-25)18(17)27/h6-7,10,12,23,25H,8-9,11H2,1-5H3. The number of hydrogen-bond acceptors (Lipinski definition) is 8. The van der Waals surface area contributed by atoms with Crippen LogP contribution in [0.2, 0.25) is 0 Å². The van der Waals surface area contributed by atoms with Crippen molar-refractivity contribution in [2.75, 3.05) is 32.1 Å². The Morgan fingerprint density at radius 1 is 1.29 bits per heavy atom. The summed E-state index contributed by atoms with van der Waals surface area (Å²) in [5, 5.41) is 12.1. The lowest BCUT2D eigenvalue weighted by molar-refractivity contribution is -0.136. The van der Waals surface area contributed by atoms with Crippen LogP contribution in [0.15, 0.2) is 29.5 Å². The van der Waals surface area contributed by atoms with Gasteiger partial charge in [0.15, 0.2) is 6.29 Å². The highest BCUT2D eigenvalue weighted by Gasteiger charge is 2.51. The Balaban J connectivity index is 1.90. The molecular formula is C21H27BN2O7. The monoisotopic (exact) mass is 430 g/mol. The topological polar surface area (TPSA) is 114 Å². The quantitative estimate of drug-likeness (QED) is 0.365. The predicted molar refractivity (Wildman–Crippen MR) is 114 cm³/mol. The minimum absolute atomic E-state index is 0.0107. The Morgan fingerprint density at radius 2 is 1.94 bits per heavy atom. The Kier molecular flexibility index (Phi) is 6.27. The van der Waals surface area contributed by atoms with Crippen LogP contribution in [0, 0.1) is 0 Å². The number of anilines is 1. The van der Waals surface area contributed by atoms with Crippen molar-refractivity contribution in [3.8, 4) is 0 Å². The van der Waals surface area contributed by atoms with Crippen LogP contribution in [-0.2, 0) is 23.6 Å².